The maximum absolute atomic E-state index is 13.4. The van der Waals surface area contributed by atoms with Gasteiger partial charge in [-0.1, -0.05) is 48.5 Å². The summed E-state index contributed by atoms with van der Waals surface area (Å²) < 4.78 is 4.94. The molecular weight excluding hydrogens is 316 g/mol. The Bertz CT molecular complexity index is 836. The van der Waals surface area contributed by atoms with Gasteiger partial charge < -0.3 is 9.64 Å². The molecule has 2 aliphatic rings. The second kappa shape index (κ2) is 5.70. The Kier molecular flexibility index (Phi) is 3.62. The van der Waals surface area contributed by atoms with E-state index in [1.807, 2.05) is 54.6 Å². The van der Waals surface area contributed by atoms with E-state index in [9.17, 15) is 9.59 Å². The summed E-state index contributed by atoms with van der Waals surface area (Å²) in [5.74, 6) is -0.320. The minimum Gasteiger partial charge on any atom is -0.468 e. The lowest BCUT2D eigenvalue weighted by molar-refractivity contribution is -0.142. The van der Waals surface area contributed by atoms with Crippen molar-refractivity contribution in [1.82, 2.24) is 5.32 Å². The molecule has 25 heavy (non-hydrogen) atoms. The number of anilines is 1. The number of nitrogens with one attached hydrogen (secondary N) is 1. The van der Waals surface area contributed by atoms with Gasteiger partial charge in [0.2, 0.25) is 5.91 Å². The van der Waals surface area contributed by atoms with E-state index in [1.54, 1.807) is 11.9 Å². The van der Waals surface area contributed by atoms with E-state index >= 15 is 0 Å². The van der Waals surface area contributed by atoms with Crippen LogP contribution >= 0.6 is 0 Å². The lowest BCUT2D eigenvalue weighted by atomic mass is 9.72. The zero-order valence-electron chi connectivity index (χ0n) is 14.2. The van der Waals surface area contributed by atoms with Crippen LogP contribution in [0.5, 0.6) is 0 Å². The van der Waals surface area contributed by atoms with Gasteiger partial charge in [-0.2, -0.15) is 0 Å². The zero-order valence-corrected chi connectivity index (χ0v) is 14.2. The molecule has 0 radical (unpaired) electrons. The van der Waals surface area contributed by atoms with Crippen LogP contribution in [0.25, 0.3) is 0 Å². The molecule has 128 valence electrons. The zero-order chi connectivity index (χ0) is 17.6. The quantitative estimate of drug-likeness (QED) is 0.854. The summed E-state index contributed by atoms with van der Waals surface area (Å²) in [5, 5.41) is 3.36. The standard InChI is InChI=1S/C20H20N2O3/c1-22-16-11-7-6-10-14(16)20(19(22)24)12-15(18(23)25-2)21-17(20)13-8-4-3-5-9-13/h3-11,15,17,21H,12H2,1-2H3/t15-,17-,20+/m0/s1. The monoisotopic (exact) mass is 336 g/mol. The van der Waals surface area contributed by atoms with E-state index in [-0.39, 0.29) is 17.9 Å². The highest BCUT2D eigenvalue weighted by Gasteiger charge is 2.61. The first-order chi connectivity index (χ1) is 12.1. The van der Waals surface area contributed by atoms with Crippen LogP contribution in [0.2, 0.25) is 0 Å². The molecule has 5 heteroatoms. The maximum atomic E-state index is 13.4. The Morgan fingerprint density at radius 1 is 1.16 bits per heavy atom. The number of hydrogen-bond acceptors (Lipinski definition) is 4. The van der Waals surface area contributed by atoms with Crippen LogP contribution < -0.4 is 10.2 Å². The van der Waals surface area contributed by atoms with Crippen molar-refractivity contribution < 1.29 is 14.3 Å². The molecular formula is C20H20N2O3. The molecule has 1 amide bonds. The fourth-order valence-electron chi connectivity index (χ4n) is 4.31. The molecule has 0 aromatic heterocycles. The van der Waals surface area contributed by atoms with Gasteiger partial charge in [-0.05, 0) is 23.6 Å². The van der Waals surface area contributed by atoms with Crippen LogP contribution in [0.15, 0.2) is 54.6 Å². The van der Waals surface area contributed by atoms with Crippen molar-refractivity contribution in [2.75, 3.05) is 19.1 Å². The van der Waals surface area contributed by atoms with Crippen LogP contribution in [0.3, 0.4) is 0 Å². The number of carbonyl (C=O) groups is 2. The van der Waals surface area contributed by atoms with Gasteiger partial charge in [-0.3, -0.25) is 14.9 Å². The normalized spacial score (nSPS) is 27.6. The lowest BCUT2D eigenvalue weighted by Gasteiger charge is -2.30. The lowest BCUT2D eigenvalue weighted by Crippen LogP contribution is -2.42. The fourth-order valence-corrected chi connectivity index (χ4v) is 4.31. The number of amides is 1. The third kappa shape index (κ3) is 2.12. The summed E-state index contributed by atoms with van der Waals surface area (Å²) in [6, 6.07) is 16.9. The van der Waals surface area contributed by atoms with Crippen LogP contribution in [-0.2, 0) is 19.7 Å². The first-order valence-electron chi connectivity index (χ1n) is 8.36. The number of nitrogens with zero attached hydrogens (tertiary/aromatic N) is 1. The Labute approximate surface area is 146 Å². The summed E-state index contributed by atoms with van der Waals surface area (Å²) in [5.41, 5.74) is 2.06. The SMILES string of the molecule is COC(=O)[C@@H]1C[C@]2(C(=O)N(C)c3ccccc32)[C@H](c2ccccc2)N1. The predicted molar refractivity (Wildman–Crippen MR) is 94.3 cm³/mol. The third-order valence-corrected chi connectivity index (χ3v) is 5.44. The van der Waals surface area contributed by atoms with Crippen molar-refractivity contribution >= 4 is 17.6 Å². The minimum absolute atomic E-state index is 0.0152. The summed E-state index contributed by atoms with van der Waals surface area (Å²) in [7, 11) is 3.17. The Hall–Kier alpha value is -2.66. The van der Waals surface area contributed by atoms with Gasteiger partial charge in [0.05, 0.1) is 18.6 Å². The van der Waals surface area contributed by atoms with Gasteiger partial charge in [0, 0.05) is 12.7 Å². The van der Waals surface area contributed by atoms with E-state index in [0.717, 1.165) is 16.8 Å². The van der Waals surface area contributed by atoms with Crippen molar-refractivity contribution in [2.24, 2.45) is 0 Å². The summed E-state index contributed by atoms with van der Waals surface area (Å²) in [6.07, 6.45) is 0.388. The number of ether oxygens (including phenoxy) is 1. The van der Waals surface area contributed by atoms with Gasteiger partial charge >= 0.3 is 5.97 Å². The molecule has 1 spiro atoms. The summed E-state index contributed by atoms with van der Waals surface area (Å²) in [6.45, 7) is 0. The van der Waals surface area contributed by atoms with Crippen molar-refractivity contribution in [3.63, 3.8) is 0 Å². The number of fused-ring (bicyclic) bond motifs is 2. The maximum Gasteiger partial charge on any atom is 0.322 e. The Morgan fingerprint density at radius 2 is 1.84 bits per heavy atom. The molecule has 0 bridgehead atoms. The topological polar surface area (TPSA) is 58.6 Å². The van der Waals surface area contributed by atoms with Gasteiger partial charge in [-0.25, -0.2) is 0 Å². The van der Waals surface area contributed by atoms with Crippen LogP contribution in [-0.4, -0.2) is 32.1 Å². The largest absolute Gasteiger partial charge is 0.468 e. The molecule has 5 nitrogen and oxygen atoms in total. The number of esters is 1. The third-order valence-electron chi connectivity index (χ3n) is 5.44. The predicted octanol–water partition coefficient (Wildman–Crippen LogP) is 2.18. The van der Waals surface area contributed by atoms with Crippen molar-refractivity contribution in [3.05, 3.63) is 65.7 Å². The second-order valence-corrected chi connectivity index (χ2v) is 6.64. The highest BCUT2D eigenvalue weighted by atomic mass is 16.5. The number of rotatable bonds is 2. The Balaban J connectivity index is 1.90. The van der Waals surface area contributed by atoms with Gasteiger partial charge in [0.15, 0.2) is 0 Å². The van der Waals surface area contributed by atoms with Crippen LogP contribution in [0.1, 0.15) is 23.6 Å². The number of hydrogen-bond donors (Lipinski definition) is 1. The van der Waals surface area contributed by atoms with Gasteiger partial charge in [-0.15, -0.1) is 0 Å². The first kappa shape index (κ1) is 15.8. The van der Waals surface area contributed by atoms with Gasteiger partial charge in [0.25, 0.3) is 0 Å². The van der Waals surface area contributed by atoms with Crippen molar-refractivity contribution in [3.8, 4) is 0 Å². The molecule has 4 rings (SSSR count). The number of likely N-dealkylation sites (N-methyl/N-ethyl adjacent to an activating group) is 1. The van der Waals surface area contributed by atoms with E-state index in [0.29, 0.717) is 6.42 Å². The number of carbonyl (C=O) groups excluding carboxylic acids is 2. The molecule has 1 fully saturated rings. The van der Waals surface area contributed by atoms with Gasteiger partial charge in [0.1, 0.15) is 6.04 Å². The average molecular weight is 336 g/mol. The fraction of sp³-hybridized carbons (Fsp3) is 0.300. The van der Waals surface area contributed by atoms with Crippen molar-refractivity contribution in [1.29, 1.82) is 0 Å². The van der Waals surface area contributed by atoms with E-state index in [4.69, 9.17) is 4.74 Å². The molecule has 2 heterocycles. The summed E-state index contributed by atoms with van der Waals surface area (Å²) in [4.78, 5) is 27.3. The number of para-hydroxylation sites is 1. The molecule has 0 aliphatic carbocycles. The van der Waals surface area contributed by atoms with E-state index < -0.39 is 11.5 Å². The molecule has 0 unspecified atom stereocenters. The molecule has 2 aromatic carbocycles. The smallest absolute Gasteiger partial charge is 0.322 e. The van der Waals surface area contributed by atoms with E-state index in [2.05, 4.69) is 5.32 Å². The van der Waals surface area contributed by atoms with Crippen LogP contribution in [0, 0.1) is 0 Å². The minimum atomic E-state index is -0.800. The number of methoxy groups -OCH3 is 1. The highest BCUT2D eigenvalue weighted by Crippen LogP contribution is 2.54. The summed E-state index contributed by atoms with van der Waals surface area (Å²) >= 11 is 0. The molecule has 2 aromatic rings. The van der Waals surface area contributed by atoms with Crippen LogP contribution in [0.4, 0.5) is 5.69 Å². The van der Waals surface area contributed by atoms with E-state index in [1.165, 1.54) is 7.11 Å². The Morgan fingerprint density at radius 3 is 2.56 bits per heavy atom. The molecule has 1 N–H and O–H groups in total. The molecule has 1 saturated heterocycles. The highest BCUT2D eigenvalue weighted by molar-refractivity contribution is 6.09. The first-order valence-corrected chi connectivity index (χ1v) is 8.36. The average Bonchev–Trinajstić information content (AvgIpc) is 3.16. The number of benzene rings is 2. The second-order valence-electron chi connectivity index (χ2n) is 6.64. The molecule has 2 aliphatic heterocycles. The van der Waals surface area contributed by atoms with Crippen molar-refractivity contribution in [2.45, 2.75) is 23.9 Å². The molecule has 3 atom stereocenters. The molecule has 0 saturated carbocycles.